The summed E-state index contributed by atoms with van der Waals surface area (Å²) in [7, 11) is 0. The molecule has 1 spiro atoms. The molecule has 2 heterocycles. The van der Waals surface area contributed by atoms with E-state index in [9.17, 15) is 4.79 Å². The fourth-order valence-electron chi connectivity index (χ4n) is 4.14. The first-order valence-electron chi connectivity index (χ1n) is 7.53. The van der Waals surface area contributed by atoms with Gasteiger partial charge in [-0.2, -0.15) is 0 Å². The second kappa shape index (κ2) is 4.61. The van der Waals surface area contributed by atoms with Crippen LogP contribution in [0.5, 0.6) is 0 Å². The standard InChI is InChI=1S/C15H25NO2/c1-14(7-8-16-11-14)13(17)12-4-9-18-15(10-12)5-2-3-6-15/h12,16H,2-11H2,1H3. The number of rotatable bonds is 2. The van der Waals surface area contributed by atoms with Crippen LogP contribution in [0.25, 0.3) is 0 Å². The molecule has 2 atom stereocenters. The van der Waals surface area contributed by atoms with Gasteiger partial charge in [-0.3, -0.25) is 4.79 Å². The van der Waals surface area contributed by atoms with E-state index in [2.05, 4.69) is 12.2 Å². The van der Waals surface area contributed by atoms with E-state index in [-0.39, 0.29) is 16.9 Å². The van der Waals surface area contributed by atoms with Crippen molar-refractivity contribution in [3.05, 3.63) is 0 Å². The molecular formula is C15H25NO2. The summed E-state index contributed by atoms with van der Waals surface area (Å²) in [6, 6.07) is 0. The summed E-state index contributed by atoms with van der Waals surface area (Å²) < 4.78 is 6.03. The Morgan fingerprint density at radius 2 is 2.06 bits per heavy atom. The zero-order valence-electron chi connectivity index (χ0n) is 11.5. The molecule has 0 radical (unpaired) electrons. The molecule has 3 rings (SSSR count). The first-order chi connectivity index (χ1) is 8.64. The Bertz CT molecular complexity index is 327. The molecule has 0 aromatic carbocycles. The molecule has 1 N–H and O–H groups in total. The Labute approximate surface area is 110 Å². The largest absolute Gasteiger partial charge is 0.375 e. The molecule has 1 saturated carbocycles. The van der Waals surface area contributed by atoms with Crippen LogP contribution < -0.4 is 5.32 Å². The molecule has 3 heteroatoms. The number of carbonyl (C=O) groups excluding carboxylic acids is 1. The summed E-state index contributed by atoms with van der Waals surface area (Å²) in [6.07, 6.45) is 7.84. The maximum atomic E-state index is 12.8. The van der Waals surface area contributed by atoms with Crippen LogP contribution in [0, 0.1) is 11.3 Å². The zero-order valence-corrected chi connectivity index (χ0v) is 11.5. The molecule has 3 fully saturated rings. The smallest absolute Gasteiger partial charge is 0.143 e. The number of ether oxygens (including phenoxy) is 1. The molecule has 3 nitrogen and oxygen atoms in total. The lowest BCUT2D eigenvalue weighted by atomic mass is 9.73. The molecule has 2 unspecified atom stereocenters. The van der Waals surface area contributed by atoms with E-state index < -0.39 is 0 Å². The number of nitrogens with one attached hydrogen (secondary N) is 1. The minimum absolute atomic E-state index is 0.0704. The molecule has 102 valence electrons. The van der Waals surface area contributed by atoms with Crippen LogP contribution in [0.15, 0.2) is 0 Å². The Morgan fingerprint density at radius 1 is 1.28 bits per heavy atom. The van der Waals surface area contributed by atoms with E-state index in [4.69, 9.17) is 4.74 Å². The van der Waals surface area contributed by atoms with Crippen molar-refractivity contribution in [3.8, 4) is 0 Å². The highest BCUT2D eigenvalue weighted by Gasteiger charge is 2.46. The molecule has 0 aromatic rings. The summed E-state index contributed by atoms with van der Waals surface area (Å²) in [5.74, 6) is 0.754. The maximum absolute atomic E-state index is 12.8. The Balaban J connectivity index is 1.70. The first-order valence-corrected chi connectivity index (χ1v) is 7.53. The molecule has 3 aliphatic rings. The van der Waals surface area contributed by atoms with Gasteiger partial charge in [0, 0.05) is 24.5 Å². The van der Waals surface area contributed by atoms with Crippen LogP contribution in [-0.2, 0) is 9.53 Å². The van der Waals surface area contributed by atoms with Gasteiger partial charge < -0.3 is 10.1 Å². The van der Waals surface area contributed by atoms with Crippen LogP contribution in [0.3, 0.4) is 0 Å². The van der Waals surface area contributed by atoms with Crippen molar-refractivity contribution in [3.63, 3.8) is 0 Å². The third-order valence-electron chi connectivity index (χ3n) is 5.34. The monoisotopic (exact) mass is 251 g/mol. The van der Waals surface area contributed by atoms with Gasteiger partial charge in [0.2, 0.25) is 0 Å². The molecule has 18 heavy (non-hydrogen) atoms. The Hall–Kier alpha value is -0.410. The third-order valence-corrected chi connectivity index (χ3v) is 5.34. The topological polar surface area (TPSA) is 38.3 Å². The summed E-state index contributed by atoms with van der Waals surface area (Å²) in [4.78, 5) is 12.8. The molecular weight excluding hydrogens is 226 g/mol. The highest BCUT2D eigenvalue weighted by molar-refractivity contribution is 5.87. The van der Waals surface area contributed by atoms with Crippen LogP contribution in [0.4, 0.5) is 0 Å². The van der Waals surface area contributed by atoms with E-state index in [0.717, 1.165) is 39.0 Å². The quantitative estimate of drug-likeness (QED) is 0.818. The number of ketones is 1. The van der Waals surface area contributed by atoms with Crippen LogP contribution in [0.2, 0.25) is 0 Å². The van der Waals surface area contributed by atoms with Crippen molar-refractivity contribution in [2.45, 2.75) is 57.5 Å². The van der Waals surface area contributed by atoms with E-state index in [1.165, 1.54) is 25.7 Å². The highest BCUT2D eigenvalue weighted by atomic mass is 16.5. The second-order valence-corrected chi connectivity index (χ2v) is 6.78. The number of Topliss-reactive ketones (excluding diaryl/α,β-unsaturated/α-hetero) is 1. The van der Waals surface area contributed by atoms with Crippen molar-refractivity contribution >= 4 is 5.78 Å². The first kappa shape index (κ1) is 12.6. The lowest BCUT2D eigenvalue weighted by molar-refractivity contribution is -0.144. The van der Waals surface area contributed by atoms with Gasteiger partial charge in [0.1, 0.15) is 5.78 Å². The van der Waals surface area contributed by atoms with Gasteiger partial charge in [-0.1, -0.05) is 19.8 Å². The number of hydrogen-bond donors (Lipinski definition) is 1. The van der Waals surface area contributed by atoms with Crippen molar-refractivity contribution in [1.29, 1.82) is 0 Å². The predicted molar refractivity (Wildman–Crippen MR) is 70.5 cm³/mol. The Kier molecular flexibility index (Phi) is 3.23. The van der Waals surface area contributed by atoms with Crippen molar-refractivity contribution in [2.24, 2.45) is 11.3 Å². The fourth-order valence-corrected chi connectivity index (χ4v) is 4.14. The molecule has 2 saturated heterocycles. The van der Waals surface area contributed by atoms with Gasteiger partial charge in [0.05, 0.1) is 5.60 Å². The van der Waals surface area contributed by atoms with Gasteiger partial charge in [0.15, 0.2) is 0 Å². The van der Waals surface area contributed by atoms with Gasteiger partial charge in [-0.25, -0.2) is 0 Å². The SMILES string of the molecule is CC1(C(=O)C2CCOC3(CCCC3)C2)CCNC1. The fraction of sp³-hybridized carbons (Fsp3) is 0.933. The van der Waals surface area contributed by atoms with Gasteiger partial charge in [0.25, 0.3) is 0 Å². The van der Waals surface area contributed by atoms with E-state index in [1.54, 1.807) is 0 Å². The van der Waals surface area contributed by atoms with Crippen LogP contribution in [-0.4, -0.2) is 31.1 Å². The van der Waals surface area contributed by atoms with Crippen LogP contribution >= 0.6 is 0 Å². The molecule has 0 amide bonds. The third kappa shape index (κ3) is 2.12. The number of carbonyl (C=O) groups is 1. The Morgan fingerprint density at radius 3 is 2.72 bits per heavy atom. The average molecular weight is 251 g/mol. The van der Waals surface area contributed by atoms with Gasteiger partial charge in [-0.05, 0) is 38.6 Å². The molecule has 0 aromatic heterocycles. The lowest BCUT2D eigenvalue weighted by Gasteiger charge is -2.40. The summed E-state index contributed by atoms with van der Waals surface area (Å²) >= 11 is 0. The van der Waals surface area contributed by atoms with Gasteiger partial charge >= 0.3 is 0 Å². The summed E-state index contributed by atoms with van der Waals surface area (Å²) in [6.45, 7) is 4.80. The molecule has 1 aliphatic carbocycles. The van der Waals surface area contributed by atoms with Crippen molar-refractivity contribution in [1.82, 2.24) is 5.32 Å². The number of hydrogen-bond acceptors (Lipinski definition) is 3. The maximum Gasteiger partial charge on any atom is 0.143 e. The highest BCUT2D eigenvalue weighted by Crippen LogP contribution is 2.44. The van der Waals surface area contributed by atoms with E-state index in [0.29, 0.717) is 5.78 Å². The minimum atomic E-state index is -0.109. The lowest BCUT2D eigenvalue weighted by Crippen LogP contribution is -2.44. The van der Waals surface area contributed by atoms with E-state index >= 15 is 0 Å². The van der Waals surface area contributed by atoms with Crippen molar-refractivity contribution in [2.75, 3.05) is 19.7 Å². The van der Waals surface area contributed by atoms with E-state index in [1.807, 2.05) is 0 Å². The second-order valence-electron chi connectivity index (χ2n) is 6.78. The molecule has 0 bridgehead atoms. The van der Waals surface area contributed by atoms with Gasteiger partial charge in [-0.15, -0.1) is 0 Å². The minimum Gasteiger partial charge on any atom is -0.375 e. The molecule has 2 aliphatic heterocycles. The summed E-state index contributed by atoms with van der Waals surface area (Å²) in [5.41, 5.74) is -0.0389. The van der Waals surface area contributed by atoms with Crippen molar-refractivity contribution < 1.29 is 9.53 Å². The zero-order chi connectivity index (χ0) is 12.6. The predicted octanol–water partition coefficient (Wildman–Crippen LogP) is 2.29. The normalized spacial score (nSPS) is 39.3. The summed E-state index contributed by atoms with van der Waals surface area (Å²) in [5, 5.41) is 3.34. The average Bonchev–Trinajstić information content (AvgIpc) is 2.99. The van der Waals surface area contributed by atoms with Crippen LogP contribution in [0.1, 0.15) is 51.9 Å².